The van der Waals surface area contributed by atoms with E-state index in [1.807, 2.05) is 51.1 Å². The Labute approximate surface area is 125 Å². The van der Waals surface area contributed by atoms with Gasteiger partial charge in [0.15, 0.2) is 0 Å². The summed E-state index contributed by atoms with van der Waals surface area (Å²) in [6, 6.07) is 9.85. The molecule has 21 heavy (non-hydrogen) atoms. The number of furan rings is 1. The highest BCUT2D eigenvalue weighted by atomic mass is 16.3. The summed E-state index contributed by atoms with van der Waals surface area (Å²) < 4.78 is 5.64. The van der Waals surface area contributed by atoms with Crippen molar-refractivity contribution >= 4 is 17.3 Å². The number of hydrogen-bond donors (Lipinski definition) is 2. The van der Waals surface area contributed by atoms with Crippen LogP contribution in [0.4, 0.5) is 11.4 Å². The third kappa shape index (κ3) is 3.66. The molecule has 1 atom stereocenters. The van der Waals surface area contributed by atoms with Gasteiger partial charge in [0.25, 0.3) is 0 Å². The fourth-order valence-electron chi connectivity index (χ4n) is 2.16. The Balaban J connectivity index is 2.16. The second-order valence-electron chi connectivity index (χ2n) is 5.19. The number of aryl methyl sites for hydroxylation is 1. The smallest absolute Gasteiger partial charge is 0.224 e. The number of hydrogen-bond acceptors (Lipinski definition) is 3. The Morgan fingerprint density at radius 2 is 1.90 bits per heavy atom. The Morgan fingerprint density at radius 1 is 1.19 bits per heavy atom. The quantitative estimate of drug-likeness (QED) is 0.855. The number of anilines is 2. The topological polar surface area (TPSA) is 54.3 Å². The monoisotopic (exact) mass is 286 g/mol. The minimum Gasteiger partial charge on any atom is -0.464 e. The lowest BCUT2D eigenvalue weighted by Crippen LogP contribution is -2.12. The molecule has 2 rings (SSSR count). The van der Waals surface area contributed by atoms with Crippen molar-refractivity contribution < 1.29 is 9.21 Å². The average Bonchev–Trinajstić information content (AvgIpc) is 2.89. The van der Waals surface area contributed by atoms with Gasteiger partial charge in [-0.25, -0.2) is 0 Å². The van der Waals surface area contributed by atoms with Gasteiger partial charge >= 0.3 is 0 Å². The van der Waals surface area contributed by atoms with E-state index < -0.39 is 0 Å². The third-order valence-corrected chi connectivity index (χ3v) is 3.49. The predicted octanol–water partition coefficient (Wildman–Crippen LogP) is 4.42. The van der Waals surface area contributed by atoms with Crippen LogP contribution in [-0.4, -0.2) is 5.91 Å². The molecule has 0 saturated heterocycles. The van der Waals surface area contributed by atoms with E-state index in [9.17, 15) is 4.79 Å². The summed E-state index contributed by atoms with van der Waals surface area (Å²) in [6.45, 7) is 7.82. The lowest BCUT2D eigenvalue weighted by Gasteiger charge is -2.17. The number of nitrogens with one attached hydrogen (secondary N) is 2. The summed E-state index contributed by atoms with van der Waals surface area (Å²) in [6.07, 6.45) is 0.471. The molecule has 1 aromatic carbocycles. The van der Waals surface area contributed by atoms with Crippen LogP contribution in [0.3, 0.4) is 0 Å². The predicted molar refractivity (Wildman–Crippen MR) is 85.6 cm³/mol. The van der Waals surface area contributed by atoms with Gasteiger partial charge in [0, 0.05) is 17.8 Å². The molecule has 0 aliphatic heterocycles. The van der Waals surface area contributed by atoms with Gasteiger partial charge in [-0.15, -0.1) is 0 Å². The van der Waals surface area contributed by atoms with E-state index >= 15 is 0 Å². The number of rotatable bonds is 5. The van der Waals surface area contributed by atoms with E-state index in [1.54, 1.807) is 0 Å². The van der Waals surface area contributed by atoms with Gasteiger partial charge in [0.2, 0.25) is 5.91 Å². The Kier molecular flexibility index (Phi) is 4.68. The molecule has 0 fully saturated rings. The van der Waals surface area contributed by atoms with Crippen LogP contribution in [0.1, 0.15) is 43.4 Å². The highest BCUT2D eigenvalue weighted by molar-refractivity contribution is 5.92. The SMILES string of the molecule is CCC(=O)Nc1cccc(NC(C)c2ccc(C)o2)c1C. The van der Waals surface area contributed by atoms with Crippen molar-refractivity contribution in [2.75, 3.05) is 10.6 Å². The summed E-state index contributed by atoms with van der Waals surface area (Å²) in [5, 5.41) is 6.34. The summed E-state index contributed by atoms with van der Waals surface area (Å²) in [4.78, 5) is 11.5. The first-order chi connectivity index (χ1) is 10.0. The van der Waals surface area contributed by atoms with Crippen LogP contribution < -0.4 is 10.6 Å². The highest BCUT2D eigenvalue weighted by Gasteiger charge is 2.12. The lowest BCUT2D eigenvalue weighted by atomic mass is 10.1. The Hall–Kier alpha value is -2.23. The van der Waals surface area contributed by atoms with Gasteiger partial charge in [-0.3, -0.25) is 4.79 Å². The van der Waals surface area contributed by atoms with Gasteiger partial charge < -0.3 is 15.1 Å². The van der Waals surface area contributed by atoms with E-state index in [1.165, 1.54) is 0 Å². The maximum absolute atomic E-state index is 11.5. The minimum atomic E-state index is 0.0185. The van der Waals surface area contributed by atoms with Gasteiger partial charge in [-0.1, -0.05) is 13.0 Å². The van der Waals surface area contributed by atoms with Crippen molar-refractivity contribution in [2.24, 2.45) is 0 Å². The van der Waals surface area contributed by atoms with E-state index in [-0.39, 0.29) is 11.9 Å². The van der Waals surface area contributed by atoms with Crippen LogP contribution in [0.15, 0.2) is 34.7 Å². The zero-order valence-corrected chi connectivity index (χ0v) is 13.0. The van der Waals surface area contributed by atoms with E-state index in [4.69, 9.17) is 4.42 Å². The Bertz CT molecular complexity index is 631. The molecule has 4 nitrogen and oxygen atoms in total. The van der Waals surface area contributed by atoms with Gasteiger partial charge in [0.1, 0.15) is 11.5 Å². The molecule has 4 heteroatoms. The molecule has 0 saturated carbocycles. The van der Waals surface area contributed by atoms with E-state index in [2.05, 4.69) is 17.6 Å². The first kappa shape index (κ1) is 15.2. The van der Waals surface area contributed by atoms with Crippen molar-refractivity contribution in [1.29, 1.82) is 0 Å². The Morgan fingerprint density at radius 3 is 2.52 bits per heavy atom. The molecule has 0 aliphatic rings. The second kappa shape index (κ2) is 6.48. The van der Waals surface area contributed by atoms with Gasteiger partial charge in [-0.05, 0) is 50.6 Å². The molecule has 0 spiro atoms. The molecule has 2 aromatic rings. The molecule has 1 amide bonds. The van der Waals surface area contributed by atoms with Crippen LogP contribution in [0.5, 0.6) is 0 Å². The molecule has 0 radical (unpaired) electrons. The fourth-order valence-corrected chi connectivity index (χ4v) is 2.16. The maximum atomic E-state index is 11.5. The molecule has 2 N–H and O–H groups in total. The lowest BCUT2D eigenvalue weighted by molar-refractivity contribution is -0.115. The summed E-state index contributed by atoms with van der Waals surface area (Å²) in [5.74, 6) is 1.82. The zero-order valence-electron chi connectivity index (χ0n) is 13.0. The van der Waals surface area contributed by atoms with Crippen molar-refractivity contribution in [3.05, 3.63) is 47.4 Å². The summed E-state index contributed by atoms with van der Waals surface area (Å²) in [5.41, 5.74) is 2.86. The third-order valence-electron chi connectivity index (χ3n) is 3.49. The normalized spacial score (nSPS) is 12.0. The molecular weight excluding hydrogens is 264 g/mol. The zero-order chi connectivity index (χ0) is 15.4. The van der Waals surface area contributed by atoms with Gasteiger partial charge in [0.05, 0.1) is 6.04 Å². The molecule has 0 aliphatic carbocycles. The molecule has 1 heterocycles. The second-order valence-corrected chi connectivity index (χ2v) is 5.19. The van der Waals surface area contributed by atoms with Crippen LogP contribution in [-0.2, 0) is 4.79 Å². The van der Waals surface area contributed by atoms with Crippen molar-refractivity contribution in [2.45, 2.75) is 40.2 Å². The molecule has 0 bridgehead atoms. The average molecular weight is 286 g/mol. The first-order valence-corrected chi connectivity index (χ1v) is 7.23. The first-order valence-electron chi connectivity index (χ1n) is 7.23. The van der Waals surface area contributed by atoms with Crippen LogP contribution in [0.25, 0.3) is 0 Å². The van der Waals surface area contributed by atoms with Crippen LogP contribution >= 0.6 is 0 Å². The number of amides is 1. The molecule has 1 aromatic heterocycles. The molecule has 112 valence electrons. The number of benzene rings is 1. The standard InChI is InChI=1S/C17H22N2O2/c1-5-17(20)19-15-8-6-7-14(12(15)3)18-13(4)16-10-9-11(2)21-16/h6-10,13,18H,5H2,1-4H3,(H,19,20). The van der Waals surface area contributed by atoms with E-state index in [0.717, 1.165) is 28.5 Å². The summed E-state index contributed by atoms with van der Waals surface area (Å²) >= 11 is 0. The van der Waals surface area contributed by atoms with Crippen molar-refractivity contribution in [3.8, 4) is 0 Å². The van der Waals surface area contributed by atoms with Crippen LogP contribution in [0.2, 0.25) is 0 Å². The number of carbonyl (C=O) groups is 1. The highest BCUT2D eigenvalue weighted by Crippen LogP contribution is 2.27. The summed E-state index contributed by atoms with van der Waals surface area (Å²) in [7, 11) is 0. The minimum absolute atomic E-state index is 0.0185. The number of carbonyl (C=O) groups excluding carboxylic acids is 1. The fraction of sp³-hybridized carbons (Fsp3) is 0.353. The van der Waals surface area contributed by atoms with Crippen LogP contribution in [0, 0.1) is 13.8 Å². The van der Waals surface area contributed by atoms with Gasteiger partial charge in [-0.2, -0.15) is 0 Å². The van der Waals surface area contributed by atoms with E-state index in [0.29, 0.717) is 6.42 Å². The maximum Gasteiger partial charge on any atom is 0.224 e. The molecule has 1 unspecified atom stereocenters. The van der Waals surface area contributed by atoms with Crippen molar-refractivity contribution in [1.82, 2.24) is 0 Å². The largest absolute Gasteiger partial charge is 0.464 e. The van der Waals surface area contributed by atoms with Crippen molar-refractivity contribution in [3.63, 3.8) is 0 Å². The molecular formula is C17H22N2O2.